The third kappa shape index (κ3) is 3.93. The summed E-state index contributed by atoms with van der Waals surface area (Å²) in [6, 6.07) is 14.5. The number of thiocarbonyl (C=S) groups is 1. The van der Waals surface area contributed by atoms with Crippen LogP contribution in [-0.4, -0.2) is 38.8 Å². The first-order valence-corrected chi connectivity index (χ1v) is 11.1. The van der Waals surface area contributed by atoms with Gasteiger partial charge in [-0.25, -0.2) is 4.39 Å². The second kappa shape index (κ2) is 8.57. The molecule has 0 unspecified atom stereocenters. The van der Waals surface area contributed by atoms with Crippen LogP contribution in [0.3, 0.4) is 0 Å². The minimum absolute atomic E-state index is 0.0923. The highest BCUT2D eigenvalue weighted by atomic mass is 35.5. The summed E-state index contributed by atoms with van der Waals surface area (Å²) in [4.78, 5) is 6.79. The van der Waals surface area contributed by atoms with Gasteiger partial charge in [0.05, 0.1) is 28.9 Å². The van der Waals surface area contributed by atoms with Crippen LogP contribution in [-0.2, 0) is 4.74 Å². The molecule has 0 saturated carbocycles. The maximum Gasteiger partial charge on any atom is 0.170 e. The SMILES string of the molecule is Fc1ccc(-n2cccc2[C@@H]2[C@H](c3ccccn3)NC(=S)N2C[C@@H]2CCCO2)cc1Cl. The molecule has 2 fully saturated rings. The number of rotatable bonds is 5. The van der Waals surface area contributed by atoms with E-state index >= 15 is 0 Å². The summed E-state index contributed by atoms with van der Waals surface area (Å²) in [6.07, 6.45) is 5.98. The summed E-state index contributed by atoms with van der Waals surface area (Å²) in [6.45, 7) is 1.49. The Morgan fingerprint density at radius 2 is 2.13 bits per heavy atom. The summed E-state index contributed by atoms with van der Waals surface area (Å²) in [5.74, 6) is -0.436. The highest BCUT2D eigenvalue weighted by molar-refractivity contribution is 7.80. The molecule has 2 saturated heterocycles. The molecule has 0 radical (unpaired) electrons. The zero-order valence-corrected chi connectivity index (χ0v) is 18.3. The molecular weight excluding hydrogens is 435 g/mol. The predicted molar refractivity (Wildman–Crippen MR) is 122 cm³/mol. The van der Waals surface area contributed by atoms with Crippen molar-refractivity contribution in [3.63, 3.8) is 0 Å². The van der Waals surface area contributed by atoms with Crippen LogP contribution in [0.4, 0.5) is 4.39 Å². The minimum Gasteiger partial charge on any atom is -0.376 e. The van der Waals surface area contributed by atoms with E-state index in [1.807, 2.05) is 35.0 Å². The Morgan fingerprint density at radius 1 is 1.23 bits per heavy atom. The van der Waals surface area contributed by atoms with Crippen LogP contribution in [0.2, 0.25) is 5.02 Å². The lowest BCUT2D eigenvalue weighted by molar-refractivity contribution is 0.0836. The highest BCUT2D eigenvalue weighted by Gasteiger charge is 2.42. The molecule has 2 aliphatic rings. The Morgan fingerprint density at radius 3 is 2.87 bits per heavy atom. The van der Waals surface area contributed by atoms with E-state index in [0.29, 0.717) is 11.7 Å². The van der Waals surface area contributed by atoms with Crippen molar-refractivity contribution in [1.29, 1.82) is 0 Å². The number of ether oxygens (including phenoxy) is 1. The van der Waals surface area contributed by atoms with Crippen molar-refractivity contribution < 1.29 is 9.13 Å². The summed E-state index contributed by atoms with van der Waals surface area (Å²) in [5.41, 5.74) is 2.72. The van der Waals surface area contributed by atoms with Gasteiger partial charge in [0.15, 0.2) is 5.11 Å². The molecule has 0 aliphatic carbocycles. The van der Waals surface area contributed by atoms with Crippen LogP contribution in [0.15, 0.2) is 60.9 Å². The van der Waals surface area contributed by atoms with E-state index in [1.165, 1.54) is 6.07 Å². The number of hydrogen-bond acceptors (Lipinski definition) is 3. The van der Waals surface area contributed by atoms with Gasteiger partial charge in [0.1, 0.15) is 5.82 Å². The highest BCUT2D eigenvalue weighted by Crippen LogP contribution is 2.40. The number of nitrogens with one attached hydrogen (secondary N) is 1. The molecule has 0 bridgehead atoms. The number of nitrogens with zero attached hydrogens (tertiary/aromatic N) is 3. The van der Waals surface area contributed by atoms with Crippen LogP contribution >= 0.6 is 23.8 Å². The van der Waals surface area contributed by atoms with E-state index in [1.54, 1.807) is 18.3 Å². The van der Waals surface area contributed by atoms with Crippen LogP contribution < -0.4 is 5.32 Å². The van der Waals surface area contributed by atoms with E-state index in [4.69, 9.17) is 28.6 Å². The predicted octanol–water partition coefficient (Wildman–Crippen LogP) is 4.82. The summed E-state index contributed by atoms with van der Waals surface area (Å²) in [7, 11) is 0. The first-order chi connectivity index (χ1) is 15.1. The number of benzene rings is 1. The fourth-order valence-electron chi connectivity index (χ4n) is 4.44. The average molecular weight is 457 g/mol. The minimum atomic E-state index is -0.436. The lowest BCUT2D eigenvalue weighted by Gasteiger charge is -2.30. The molecule has 4 heterocycles. The fourth-order valence-corrected chi connectivity index (χ4v) is 4.93. The maximum absolute atomic E-state index is 13.8. The smallest absolute Gasteiger partial charge is 0.170 e. The normalized spacial score (nSPS) is 23.4. The van der Waals surface area contributed by atoms with Gasteiger partial charge in [-0.2, -0.15) is 0 Å². The third-order valence-electron chi connectivity index (χ3n) is 5.89. The average Bonchev–Trinajstić information content (AvgIpc) is 3.52. The van der Waals surface area contributed by atoms with Gasteiger partial charge in [0, 0.05) is 36.9 Å². The molecule has 5 nitrogen and oxygen atoms in total. The largest absolute Gasteiger partial charge is 0.376 e. The summed E-state index contributed by atoms with van der Waals surface area (Å²) in [5, 5.41) is 4.25. The van der Waals surface area contributed by atoms with Crippen molar-refractivity contribution in [2.24, 2.45) is 0 Å². The van der Waals surface area contributed by atoms with Crippen molar-refractivity contribution in [3.05, 3.63) is 83.2 Å². The van der Waals surface area contributed by atoms with Crippen molar-refractivity contribution in [2.75, 3.05) is 13.2 Å². The van der Waals surface area contributed by atoms with Gasteiger partial charge in [-0.3, -0.25) is 4.98 Å². The summed E-state index contributed by atoms with van der Waals surface area (Å²) < 4.78 is 21.7. The fraction of sp³-hybridized carbons (Fsp3) is 0.304. The Labute approximate surface area is 190 Å². The van der Waals surface area contributed by atoms with Crippen LogP contribution in [0.1, 0.15) is 36.3 Å². The van der Waals surface area contributed by atoms with Gasteiger partial charge in [-0.05, 0) is 67.5 Å². The number of halogens is 2. The van der Waals surface area contributed by atoms with Crippen molar-refractivity contribution in [2.45, 2.75) is 31.0 Å². The maximum atomic E-state index is 13.8. The standard InChI is InChI=1S/C23H22ClFN4OS/c24-17-13-15(8-9-18(17)25)28-11-3-7-20(28)22-21(19-6-1-2-10-26-19)27-23(31)29(22)14-16-5-4-12-30-16/h1-3,6-11,13,16,21-22H,4-5,12,14H2,(H,27,31)/t16-,21-,22+/m0/s1. The first kappa shape index (κ1) is 20.4. The molecule has 3 atom stereocenters. The quantitative estimate of drug-likeness (QED) is 0.558. The molecule has 2 aromatic heterocycles. The molecule has 0 spiro atoms. The molecule has 8 heteroatoms. The van der Waals surface area contributed by atoms with Gasteiger partial charge >= 0.3 is 0 Å². The van der Waals surface area contributed by atoms with Crippen LogP contribution in [0.25, 0.3) is 5.69 Å². The van der Waals surface area contributed by atoms with Gasteiger partial charge in [-0.1, -0.05) is 17.7 Å². The van der Waals surface area contributed by atoms with Gasteiger partial charge < -0.3 is 19.5 Å². The molecule has 1 aromatic carbocycles. The van der Waals surface area contributed by atoms with Gasteiger partial charge in [0.25, 0.3) is 0 Å². The Kier molecular flexibility index (Phi) is 5.65. The van der Waals surface area contributed by atoms with E-state index in [9.17, 15) is 4.39 Å². The molecule has 31 heavy (non-hydrogen) atoms. The van der Waals surface area contributed by atoms with Gasteiger partial charge in [-0.15, -0.1) is 0 Å². The lowest BCUT2D eigenvalue weighted by Crippen LogP contribution is -2.36. The summed E-state index contributed by atoms with van der Waals surface area (Å²) >= 11 is 11.8. The van der Waals surface area contributed by atoms with E-state index in [2.05, 4.69) is 21.3 Å². The van der Waals surface area contributed by atoms with Crippen LogP contribution in [0, 0.1) is 5.82 Å². The number of pyridine rings is 1. The van der Waals surface area contributed by atoms with Crippen molar-refractivity contribution >= 4 is 28.9 Å². The molecule has 2 aliphatic heterocycles. The molecule has 0 amide bonds. The van der Waals surface area contributed by atoms with E-state index in [0.717, 1.165) is 36.5 Å². The topological polar surface area (TPSA) is 42.3 Å². The monoisotopic (exact) mass is 456 g/mol. The first-order valence-electron chi connectivity index (χ1n) is 10.3. The van der Waals surface area contributed by atoms with Crippen molar-refractivity contribution in [1.82, 2.24) is 19.8 Å². The number of hydrogen-bond donors (Lipinski definition) is 1. The molecule has 5 rings (SSSR count). The van der Waals surface area contributed by atoms with Crippen LogP contribution in [0.5, 0.6) is 0 Å². The molecule has 160 valence electrons. The molecule has 3 aromatic rings. The lowest BCUT2D eigenvalue weighted by atomic mass is 10.0. The second-order valence-electron chi connectivity index (χ2n) is 7.82. The van der Waals surface area contributed by atoms with Gasteiger partial charge in [0.2, 0.25) is 0 Å². The van der Waals surface area contributed by atoms with Crippen molar-refractivity contribution in [3.8, 4) is 5.69 Å². The molecular formula is C23H22ClFN4OS. The number of aromatic nitrogens is 2. The third-order valence-corrected chi connectivity index (χ3v) is 6.53. The van der Waals surface area contributed by atoms with E-state index in [-0.39, 0.29) is 23.2 Å². The van der Waals surface area contributed by atoms with E-state index < -0.39 is 5.82 Å². The molecule has 1 N–H and O–H groups in total. The Hall–Kier alpha value is -2.48. The Bertz CT molecular complexity index is 1090. The second-order valence-corrected chi connectivity index (χ2v) is 8.61. The zero-order valence-electron chi connectivity index (χ0n) is 16.7. The zero-order chi connectivity index (χ0) is 21.4. The Balaban J connectivity index is 1.57.